The summed E-state index contributed by atoms with van der Waals surface area (Å²) in [5.74, 6) is -0.364. The van der Waals surface area contributed by atoms with Gasteiger partial charge < -0.3 is 10.6 Å². The zero-order valence-electron chi connectivity index (χ0n) is 14.5. The zero-order valence-corrected chi connectivity index (χ0v) is 15.3. The van der Waals surface area contributed by atoms with Gasteiger partial charge in [-0.25, -0.2) is 22.8 Å². The molecule has 0 saturated carbocycles. The Morgan fingerprint density at radius 3 is 2.68 bits per heavy atom. The number of nitrogens with one attached hydrogen (secondary N) is 3. The van der Waals surface area contributed by atoms with Crippen LogP contribution < -0.4 is 15.4 Å². The number of carbonyl (C=O) groups is 1. The van der Waals surface area contributed by atoms with E-state index in [-0.39, 0.29) is 28.0 Å². The largest absolute Gasteiger partial charge is 0.337 e. The number of rotatable bonds is 2. The van der Waals surface area contributed by atoms with E-state index in [0.717, 1.165) is 0 Å². The van der Waals surface area contributed by atoms with E-state index in [1.165, 1.54) is 43.6 Å². The third-order valence-corrected chi connectivity index (χ3v) is 5.40. The van der Waals surface area contributed by atoms with Crippen molar-refractivity contribution in [2.24, 2.45) is 0 Å². The highest BCUT2D eigenvalue weighted by Crippen LogP contribution is 2.36. The van der Waals surface area contributed by atoms with Gasteiger partial charge in [-0.1, -0.05) is 0 Å². The van der Waals surface area contributed by atoms with Gasteiger partial charge in [0.2, 0.25) is 5.91 Å². The highest BCUT2D eigenvalue weighted by molar-refractivity contribution is 7.93. The Kier molecular flexibility index (Phi) is 4.19. The van der Waals surface area contributed by atoms with Crippen molar-refractivity contribution in [2.45, 2.75) is 11.8 Å². The molecular formula is C18H14FN5O3S. The number of halogens is 1. The Morgan fingerprint density at radius 2 is 1.89 bits per heavy atom. The molecule has 3 aromatic rings. The first-order valence-corrected chi connectivity index (χ1v) is 9.63. The average molecular weight is 399 g/mol. The molecule has 0 saturated heterocycles. The Bertz CT molecular complexity index is 1210. The molecule has 1 aliphatic rings. The Morgan fingerprint density at radius 1 is 1.07 bits per heavy atom. The number of fused-ring (bicyclic) bond motifs is 2. The van der Waals surface area contributed by atoms with Crippen molar-refractivity contribution in [3.63, 3.8) is 0 Å². The van der Waals surface area contributed by atoms with Crippen molar-refractivity contribution >= 4 is 38.9 Å². The maximum atomic E-state index is 13.5. The lowest BCUT2D eigenvalue weighted by atomic mass is 10.1. The molecule has 3 heterocycles. The molecule has 2 aromatic heterocycles. The number of amides is 1. The van der Waals surface area contributed by atoms with Gasteiger partial charge in [-0.05, 0) is 42.0 Å². The molecule has 0 fully saturated rings. The molecule has 1 aromatic carbocycles. The van der Waals surface area contributed by atoms with Crippen molar-refractivity contribution in [3.8, 4) is 11.1 Å². The van der Waals surface area contributed by atoms with Crippen LogP contribution in [0.3, 0.4) is 0 Å². The number of pyridine rings is 2. The summed E-state index contributed by atoms with van der Waals surface area (Å²) in [6.07, 6.45) is 2.98. The normalized spacial score (nSPS) is 13.9. The Balaban J connectivity index is 1.80. The fraction of sp³-hybridized carbons (Fsp3) is 0.0556. The summed E-state index contributed by atoms with van der Waals surface area (Å²) in [4.78, 5) is 19.4. The number of benzene rings is 1. The highest BCUT2D eigenvalue weighted by atomic mass is 32.2. The van der Waals surface area contributed by atoms with E-state index in [9.17, 15) is 17.6 Å². The van der Waals surface area contributed by atoms with Crippen molar-refractivity contribution < 1.29 is 17.6 Å². The van der Waals surface area contributed by atoms with Crippen LogP contribution in [0, 0.1) is 5.82 Å². The molecule has 3 N–H and O–H groups in total. The highest BCUT2D eigenvalue weighted by Gasteiger charge is 2.26. The summed E-state index contributed by atoms with van der Waals surface area (Å²) in [5, 5.41) is 5.43. The molecule has 0 atom stereocenters. The molecule has 4 rings (SSSR count). The molecule has 0 spiro atoms. The molecule has 1 amide bonds. The van der Waals surface area contributed by atoms with E-state index < -0.39 is 15.8 Å². The van der Waals surface area contributed by atoms with Gasteiger partial charge in [0.1, 0.15) is 16.5 Å². The van der Waals surface area contributed by atoms with Gasteiger partial charge in [-0.2, -0.15) is 0 Å². The summed E-state index contributed by atoms with van der Waals surface area (Å²) in [7, 11) is -3.95. The molecular weight excluding hydrogens is 385 g/mol. The second kappa shape index (κ2) is 6.57. The number of anilines is 4. The second-order valence-electron chi connectivity index (χ2n) is 6.10. The quantitative estimate of drug-likeness (QED) is 0.610. The SMILES string of the molecule is CC(=O)Nc1cc(-c2cnc3c(c2)S(=O)(=O)Nc2ccc(F)cc2N3)ccn1. The lowest BCUT2D eigenvalue weighted by Gasteiger charge is -2.10. The van der Waals surface area contributed by atoms with Gasteiger partial charge in [-0.3, -0.25) is 9.52 Å². The standard InChI is InChI=1S/C18H14FN5O3S/c1-10(25)22-17-7-11(4-5-20-17)12-6-16-18(21-9-12)23-15-8-13(19)2-3-14(15)24-28(16,26)27/h2-9,24H,1H3,(H,21,23)(H,20,22,25). The van der Waals surface area contributed by atoms with Crippen LogP contribution in [-0.4, -0.2) is 24.3 Å². The number of nitrogens with zero attached hydrogens (tertiary/aromatic N) is 2. The third kappa shape index (κ3) is 3.37. The first-order valence-electron chi connectivity index (χ1n) is 8.15. The maximum Gasteiger partial charge on any atom is 0.265 e. The molecule has 142 valence electrons. The number of sulfonamides is 1. The number of carbonyl (C=O) groups excluding carboxylic acids is 1. The summed E-state index contributed by atoms with van der Waals surface area (Å²) >= 11 is 0. The molecule has 1 aliphatic heterocycles. The summed E-state index contributed by atoms with van der Waals surface area (Å²) in [6.45, 7) is 1.36. The van der Waals surface area contributed by atoms with E-state index >= 15 is 0 Å². The smallest absolute Gasteiger partial charge is 0.265 e. The first-order chi connectivity index (χ1) is 13.3. The van der Waals surface area contributed by atoms with Gasteiger partial charge >= 0.3 is 0 Å². The fourth-order valence-electron chi connectivity index (χ4n) is 2.80. The molecule has 0 bridgehead atoms. The summed E-state index contributed by atoms with van der Waals surface area (Å²) < 4.78 is 41.5. The zero-order chi connectivity index (χ0) is 19.9. The van der Waals surface area contributed by atoms with E-state index in [1.54, 1.807) is 12.1 Å². The van der Waals surface area contributed by atoms with Crippen molar-refractivity contribution in [2.75, 3.05) is 15.4 Å². The van der Waals surface area contributed by atoms with Crippen LogP contribution in [0.15, 0.2) is 53.7 Å². The predicted octanol–water partition coefficient (Wildman–Crippen LogP) is 3.10. The van der Waals surface area contributed by atoms with Crippen LogP contribution >= 0.6 is 0 Å². The maximum absolute atomic E-state index is 13.5. The lowest BCUT2D eigenvalue weighted by molar-refractivity contribution is -0.114. The minimum Gasteiger partial charge on any atom is -0.337 e. The minimum absolute atomic E-state index is 0.0803. The second-order valence-corrected chi connectivity index (χ2v) is 7.75. The molecule has 0 aliphatic carbocycles. The van der Waals surface area contributed by atoms with Gasteiger partial charge in [-0.15, -0.1) is 0 Å². The van der Waals surface area contributed by atoms with E-state index in [1.807, 2.05) is 0 Å². The van der Waals surface area contributed by atoms with Gasteiger partial charge in [0.05, 0.1) is 11.4 Å². The van der Waals surface area contributed by atoms with Gasteiger partial charge in [0.15, 0.2) is 5.82 Å². The molecule has 0 unspecified atom stereocenters. The average Bonchev–Trinajstić information content (AvgIpc) is 2.74. The van der Waals surface area contributed by atoms with Gasteiger partial charge in [0.25, 0.3) is 10.0 Å². The monoisotopic (exact) mass is 399 g/mol. The summed E-state index contributed by atoms with van der Waals surface area (Å²) in [6, 6.07) is 8.42. The van der Waals surface area contributed by atoms with Crippen LogP contribution in [-0.2, 0) is 14.8 Å². The van der Waals surface area contributed by atoms with Crippen LogP contribution in [0.25, 0.3) is 11.1 Å². The molecule has 0 radical (unpaired) electrons. The van der Waals surface area contributed by atoms with E-state index in [0.29, 0.717) is 16.9 Å². The van der Waals surface area contributed by atoms with Crippen molar-refractivity contribution in [3.05, 3.63) is 54.6 Å². The number of hydrogen-bond acceptors (Lipinski definition) is 6. The Hall–Kier alpha value is -3.53. The third-order valence-electron chi connectivity index (χ3n) is 4.02. The Labute approximate surface area is 159 Å². The number of hydrogen-bond donors (Lipinski definition) is 3. The van der Waals surface area contributed by atoms with Crippen molar-refractivity contribution in [1.29, 1.82) is 0 Å². The molecule has 28 heavy (non-hydrogen) atoms. The van der Waals surface area contributed by atoms with Crippen LogP contribution in [0.2, 0.25) is 0 Å². The van der Waals surface area contributed by atoms with E-state index in [4.69, 9.17) is 0 Å². The topological polar surface area (TPSA) is 113 Å². The van der Waals surface area contributed by atoms with Crippen LogP contribution in [0.1, 0.15) is 6.92 Å². The molecule has 8 nitrogen and oxygen atoms in total. The lowest BCUT2D eigenvalue weighted by Crippen LogP contribution is -2.12. The predicted molar refractivity (Wildman–Crippen MR) is 102 cm³/mol. The van der Waals surface area contributed by atoms with Gasteiger partial charge in [0, 0.05) is 24.9 Å². The minimum atomic E-state index is -3.95. The number of aromatic nitrogens is 2. The molecule has 10 heteroatoms. The first kappa shape index (κ1) is 17.9. The summed E-state index contributed by atoms with van der Waals surface area (Å²) in [5.41, 5.74) is 1.62. The van der Waals surface area contributed by atoms with Crippen molar-refractivity contribution in [1.82, 2.24) is 9.97 Å². The van der Waals surface area contributed by atoms with Crippen LogP contribution in [0.5, 0.6) is 0 Å². The van der Waals surface area contributed by atoms with E-state index in [2.05, 4.69) is 25.3 Å². The fourth-order valence-corrected chi connectivity index (χ4v) is 4.01. The van der Waals surface area contributed by atoms with Crippen LogP contribution in [0.4, 0.5) is 27.4 Å².